The summed E-state index contributed by atoms with van der Waals surface area (Å²) in [6, 6.07) is 11.9. The van der Waals surface area contributed by atoms with Crippen molar-refractivity contribution in [2.75, 3.05) is 13.7 Å². The van der Waals surface area contributed by atoms with Crippen LogP contribution in [0.3, 0.4) is 0 Å². The fraction of sp³-hybridized carbons (Fsp3) is 0.375. The molecular formula is C24H29N3O6S. The lowest BCUT2D eigenvalue weighted by Crippen LogP contribution is -2.54. The molecule has 1 heterocycles. The molecule has 0 saturated heterocycles. The third-order valence-electron chi connectivity index (χ3n) is 5.34. The van der Waals surface area contributed by atoms with Crippen molar-refractivity contribution < 1.29 is 27.5 Å². The molecule has 1 atom stereocenters. The normalized spacial score (nSPS) is 15.4. The minimum Gasteiger partial charge on any atom is -0.497 e. The third kappa shape index (κ3) is 5.22. The lowest BCUT2D eigenvalue weighted by molar-refractivity contribution is -0.141. The zero-order chi connectivity index (χ0) is 25.3. The summed E-state index contributed by atoms with van der Waals surface area (Å²) in [5.41, 5.74) is 0.168. The van der Waals surface area contributed by atoms with Crippen LogP contribution in [0.4, 0.5) is 0 Å². The number of nitrogens with one attached hydrogen (secondary N) is 1. The van der Waals surface area contributed by atoms with Gasteiger partial charge in [-0.15, -0.1) is 0 Å². The van der Waals surface area contributed by atoms with Crippen LogP contribution in [0.1, 0.15) is 43.6 Å². The van der Waals surface area contributed by atoms with Crippen molar-refractivity contribution in [3.05, 3.63) is 59.7 Å². The summed E-state index contributed by atoms with van der Waals surface area (Å²) in [6.07, 6.45) is 0. The van der Waals surface area contributed by atoms with E-state index in [9.17, 15) is 22.8 Å². The van der Waals surface area contributed by atoms with E-state index in [1.165, 1.54) is 30.2 Å². The number of benzene rings is 2. The highest BCUT2D eigenvalue weighted by Crippen LogP contribution is 2.30. The lowest BCUT2D eigenvalue weighted by Gasteiger charge is -2.32. The second kappa shape index (κ2) is 9.46. The Labute approximate surface area is 199 Å². The summed E-state index contributed by atoms with van der Waals surface area (Å²) in [7, 11) is -2.65. The summed E-state index contributed by atoms with van der Waals surface area (Å²) in [5, 5.41) is 2.84. The van der Waals surface area contributed by atoms with E-state index in [0.717, 1.165) is 0 Å². The fourth-order valence-electron chi connectivity index (χ4n) is 3.63. The van der Waals surface area contributed by atoms with Crippen molar-refractivity contribution in [3.8, 4) is 5.75 Å². The van der Waals surface area contributed by atoms with Gasteiger partial charge in [0.25, 0.3) is 15.9 Å². The van der Waals surface area contributed by atoms with Gasteiger partial charge < -0.3 is 15.0 Å². The number of amides is 3. The number of hydrogen-bond donors (Lipinski definition) is 1. The molecule has 2 aromatic carbocycles. The second-order valence-corrected chi connectivity index (χ2v) is 10.9. The van der Waals surface area contributed by atoms with Gasteiger partial charge in [-0.2, -0.15) is 0 Å². The lowest BCUT2D eigenvalue weighted by atomic mass is 10.1. The zero-order valence-electron chi connectivity index (χ0n) is 19.9. The number of fused-ring (bicyclic) bond motifs is 1. The molecule has 0 aliphatic carbocycles. The Morgan fingerprint density at radius 1 is 1.12 bits per heavy atom. The molecule has 0 unspecified atom stereocenters. The summed E-state index contributed by atoms with van der Waals surface area (Å²) < 4.78 is 31.7. The maximum absolute atomic E-state index is 13.4. The zero-order valence-corrected chi connectivity index (χ0v) is 20.7. The van der Waals surface area contributed by atoms with Gasteiger partial charge in [-0.25, -0.2) is 12.7 Å². The first-order valence-corrected chi connectivity index (χ1v) is 12.2. The van der Waals surface area contributed by atoms with E-state index in [1.807, 2.05) is 20.8 Å². The second-order valence-electron chi connectivity index (χ2n) is 9.10. The average Bonchev–Trinajstić information content (AvgIpc) is 2.96. The topological polar surface area (TPSA) is 113 Å². The van der Waals surface area contributed by atoms with E-state index in [0.29, 0.717) is 15.6 Å². The number of methoxy groups -OCH3 is 1. The summed E-state index contributed by atoms with van der Waals surface area (Å²) >= 11 is 0. The molecule has 3 rings (SSSR count). The highest BCUT2D eigenvalue weighted by molar-refractivity contribution is 7.90. The van der Waals surface area contributed by atoms with Crippen LogP contribution in [-0.2, 0) is 26.2 Å². The van der Waals surface area contributed by atoms with Crippen LogP contribution < -0.4 is 10.1 Å². The molecule has 10 heteroatoms. The van der Waals surface area contributed by atoms with Gasteiger partial charge >= 0.3 is 0 Å². The van der Waals surface area contributed by atoms with Gasteiger partial charge in [0, 0.05) is 12.1 Å². The first-order valence-electron chi connectivity index (χ1n) is 10.8. The molecular weight excluding hydrogens is 458 g/mol. The minimum atomic E-state index is -4.17. The molecule has 0 spiro atoms. The predicted octanol–water partition coefficient (Wildman–Crippen LogP) is 2.17. The monoisotopic (exact) mass is 487 g/mol. The van der Waals surface area contributed by atoms with Crippen LogP contribution in [0.25, 0.3) is 0 Å². The molecule has 182 valence electrons. The molecule has 9 nitrogen and oxygen atoms in total. The van der Waals surface area contributed by atoms with Crippen molar-refractivity contribution in [2.45, 2.75) is 50.7 Å². The van der Waals surface area contributed by atoms with Crippen molar-refractivity contribution in [1.29, 1.82) is 0 Å². The van der Waals surface area contributed by atoms with Crippen LogP contribution >= 0.6 is 0 Å². The van der Waals surface area contributed by atoms with E-state index < -0.39 is 45.9 Å². The standard InChI is InChI=1S/C24H29N3O6S/c1-16(22(29)25-24(2,3)4)26(14-17-9-8-10-18(13-17)33-5)21(28)15-27-23(30)19-11-6-7-12-20(19)34(27,31)32/h6-13,16H,14-15H2,1-5H3,(H,25,29)/t16-/m1/s1. The largest absolute Gasteiger partial charge is 0.497 e. The first-order chi connectivity index (χ1) is 15.8. The van der Waals surface area contributed by atoms with Crippen molar-refractivity contribution in [3.63, 3.8) is 0 Å². The van der Waals surface area contributed by atoms with E-state index >= 15 is 0 Å². The number of hydrogen-bond acceptors (Lipinski definition) is 6. The first kappa shape index (κ1) is 25.2. The van der Waals surface area contributed by atoms with Crippen LogP contribution in [0.15, 0.2) is 53.4 Å². The summed E-state index contributed by atoms with van der Waals surface area (Å²) in [4.78, 5) is 40.2. The van der Waals surface area contributed by atoms with E-state index in [1.54, 1.807) is 37.3 Å². The Kier molecular flexibility index (Phi) is 7.02. The number of carbonyl (C=O) groups is 3. The maximum Gasteiger partial charge on any atom is 0.269 e. The predicted molar refractivity (Wildman–Crippen MR) is 126 cm³/mol. The number of sulfonamides is 1. The molecule has 0 radical (unpaired) electrons. The van der Waals surface area contributed by atoms with Crippen LogP contribution in [0, 0.1) is 0 Å². The highest BCUT2D eigenvalue weighted by Gasteiger charge is 2.43. The Morgan fingerprint density at radius 2 is 1.79 bits per heavy atom. The van der Waals surface area contributed by atoms with Gasteiger partial charge in [0.2, 0.25) is 11.8 Å². The Hall–Kier alpha value is -3.40. The quantitative estimate of drug-likeness (QED) is 0.641. The van der Waals surface area contributed by atoms with E-state index in [-0.39, 0.29) is 17.0 Å². The summed E-state index contributed by atoms with van der Waals surface area (Å²) in [6.45, 7) is 6.32. The molecule has 0 saturated carbocycles. The SMILES string of the molecule is COc1cccc(CN(C(=O)CN2C(=O)c3ccccc3S2(=O)=O)[C@H](C)C(=O)NC(C)(C)C)c1. The highest BCUT2D eigenvalue weighted by atomic mass is 32.2. The van der Waals surface area contributed by atoms with Crippen LogP contribution in [-0.4, -0.2) is 60.6 Å². The summed E-state index contributed by atoms with van der Waals surface area (Å²) in [5.74, 6) is -1.27. The van der Waals surface area contributed by atoms with Gasteiger partial charge in [-0.05, 0) is 57.5 Å². The van der Waals surface area contributed by atoms with Gasteiger partial charge in [0.05, 0.1) is 12.7 Å². The molecule has 0 bridgehead atoms. The van der Waals surface area contributed by atoms with Gasteiger partial charge in [-0.1, -0.05) is 24.3 Å². The molecule has 34 heavy (non-hydrogen) atoms. The van der Waals surface area contributed by atoms with Crippen molar-refractivity contribution in [2.24, 2.45) is 0 Å². The third-order valence-corrected chi connectivity index (χ3v) is 7.13. The Bertz CT molecular complexity index is 1220. The molecule has 2 aromatic rings. The van der Waals surface area contributed by atoms with Crippen LogP contribution in [0.5, 0.6) is 5.75 Å². The Morgan fingerprint density at radius 3 is 2.41 bits per heavy atom. The number of rotatable bonds is 7. The Balaban J connectivity index is 1.91. The number of ether oxygens (including phenoxy) is 1. The van der Waals surface area contributed by atoms with E-state index in [4.69, 9.17) is 4.74 Å². The number of carbonyl (C=O) groups excluding carboxylic acids is 3. The van der Waals surface area contributed by atoms with Gasteiger partial charge in [0.15, 0.2) is 0 Å². The molecule has 1 N–H and O–H groups in total. The molecule has 0 fully saturated rings. The molecule has 0 aromatic heterocycles. The fourth-order valence-corrected chi connectivity index (χ4v) is 5.14. The average molecular weight is 488 g/mol. The molecule has 3 amide bonds. The minimum absolute atomic E-state index is 0.0176. The maximum atomic E-state index is 13.4. The smallest absolute Gasteiger partial charge is 0.269 e. The van der Waals surface area contributed by atoms with Crippen molar-refractivity contribution >= 4 is 27.7 Å². The molecule has 1 aliphatic rings. The van der Waals surface area contributed by atoms with Gasteiger partial charge in [-0.3, -0.25) is 14.4 Å². The number of nitrogens with zero attached hydrogens (tertiary/aromatic N) is 2. The van der Waals surface area contributed by atoms with Crippen molar-refractivity contribution in [1.82, 2.24) is 14.5 Å². The van der Waals surface area contributed by atoms with Crippen LogP contribution in [0.2, 0.25) is 0 Å². The molecule has 1 aliphatic heterocycles. The van der Waals surface area contributed by atoms with Gasteiger partial charge in [0.1, 0.15) is 23.2 Å². The van der Waals surface area contributed by atoms with E-state index in [2.05, 4.69) is 5.32 Å².